The van der Waals surface area contributed by atoms with Crippen LogP contribution in [0.15, 0.2) is 30.3 Å². The summed E-state index contributed by atoms with van der Waals surface area (Å²) in [5.74, 6) is 0.519. The molecule has 0 spiro atoms. The Kier molecular flexibility index (Phi) is 4.50. The van der Waals surface area contributed by atoms with Gasteiger partial charge < -0.3 is 4.74 Å². The lowest BCUT2D eigenvalue weighted by molar-refractivity contribution is -0.145. The van der Waals surface area contributed by atoms with Crippen molar-refractivity contribution < 1.29 is 14.3 Å². The van der Waals surface area contributed by atoms with Crippen molar-refractivity contribution in [3.63, 3.8) is 0 Å². The zero-order valence-electron chi connectivity index (χ0n) is 13.3. The Labute approximate surface area is 126 Å². The van der Waals surface area contributed by atoms with Crippen LogP contribution in [0.25, 0.3) is 0 Å². The van der Waals surface area contributed by atoms with Crippen LogP contribution in [0.2, 0.25) is 0 Å². The molecule has 0 N–H and O–H groups in total. The first-order chi connectivity index (χ1) is 9.80. The highest BCUT2D eigenvalue weighted by Gasteiger charge is 2.54. The van der Waals surface area contributed by atoms with E-state index >= 15 is 0 Å². The van der Waals surface area contributed by atoms with E-state index in [-0.39, 0.29) is 29.0 Å². The number of hydrogen-bond donors (Lipinski definition) is 0. The maximum absolute atomic E-state index is 12.3. The third kappa shape index (κ3) is 3.93. The van der Waals surface area contributed by atoms with Crippen LogP contribution < -0.4 is 0 Å². The highest BCUT2D eigenvalue weighted by molar-refractivity contribution is 5.89. The monoisotopic (exact) mass is 288 g/mol. The van der Waals surface area contributed by atoms with Crippen LogP contribution in [0.1, 0.15) is 39.7 Å². The van der Waals surface area contributed by atoms with Gasteiger partial charge in [-0.2, -0.15) is 0 Å². The molecule has 0 aliphatic heterocycles. The number of carbonyl (C=O) groups is 2. The maximum atomic E-state index is 12.3. The summed E-state index contributed by atoms with van der Waals surface area (Å²) in [6.45, 7) is 8.16. The van der Waals surface area contributed by atoms with Crippen molar-refractivity contribution in [2.45, 2.75) is 40.7 Å². The Balaban J connectivity index is 1.80. The van der Waals surface area contributed by atoms with Gasteiger partial charge in [-0.25, -0.2) is 0 Å². The number of rotatable bonds is 5. The van der Waals surface area contributed by atoms with Crippen LogP contribution in [0.3, 0.4) is 0 Å². The molecule has 1 aromatic carbocycles. The summed E-state index contributed by atoms with van der Waals surface area (Å²) in [7, 11) is 0. The predicted molar refractivity (Wildman–Crippen MR) is 81.5 cm³/mol. The summed E-state index contributed by atoms with van der Waals surface area (Å²) in [5, 5.41) is 0. The van der Waals surface area contributed by atoms with Crippen molar-refractivity contribution in [1.29, 1.82) is 0 Å². The SMILES string of the molecule is C[C@@H]1[C@H](CC(=O)OCc2ccccc2)[C@@H]1C(=O)C(C)(C)C. The minimum atomic E-state index is -0.332. The second-order valence-corrected chi connectivity index (χ2v) is 7.01. The van der Waals surface area contributed by atoms with E-state index < -0.39 is 0 Å². The fourth-order valence-electron chi connectivity index (χ4n) is 2.78. The van der Waals surface area contributed by atoms with Gasteiger partial charge in [0.2, 0.25) is 0 Å². The van der Waals surface area contributed by atoms with Gasteiger partial charge in [0.1, 0.15) is 12.4 Å². The van der Waals surface area contributed by atoms with Crippen molar-refractivity contribution >= 4 is 11.8 Å². The molecule has 0 aromatic heterocycles. The van der Waals surface area contributed by atoms with Crippen LogP contribution >= 0.6 is 0 Å². The van der Waals surface area contributed by atoms with E-state index in [4.69, 9.17) is 4.74 Å². The van der Waals surface area contributed by atoms with Crippen molar-refractivity contribution in [3.05, 3.63) is 35.9 Å². The van der Waals surface area contributed by atoms with Crippen molar-refractivity contribution in [2.24, 2.45) is 23.2 Å². The summed E-state index contributed by atoms with van der Waals surface area (Å²) < 4.78 is 5.29. The molecule has 0 radical (unpaired) electrons. The lowest BCUT2D eigenvalue weighted by atomic mass is 9.87. The number of esters is 1. The van der Waals surface area contributed by atoms with Gasteiger partial charge in [-0.3, -0.25) is 9.59 Å². The van der Waals surface area contributed by atoms with Crippen LogP contribution in [0.5, 0.6) is 0 Å². The number of ketones is 1. The molecule has 21 heavy (non-hydrogen) atoms. The van der Waals surface area contributed by atoms with Gasteiger partial charge in [0, 0.05) is 17.8 Å². The van der Waals surface area contributed by atoms with E-state index in [9.17, 15) is 9.59 Å². The largest absolute Gasteiger partial charge is 0.461 e. The minimum absolute atomic E-state index is 0.0225. The van der Waals surface area contributed by atoms with Gasteiger partial charge in [-0.1, -0.05) is 58.0 Å². The first kappa shape index (κ1) is 15.7. The van der Waals surface area contributed by atoms with Crippen LogP contribution in [0.4, 0.5) is 0 Å². The van der Waals surface area contributed by atoms with E-state index in [1.54, 1.807) is 0 Å². The Morgan fingerprint density at radius 3 is 2.33 bits per heavy atom. The molecule has 3 heteroatoms. The summed E-state index contributed by atoms with van der Waals surface area (Å²) in [6, 6.07) is 9.63. The highest BCUT2D eigenvalue weighted by atomic mass is 16.5. The number of carbonyl (C=O) groups excluding carboxylic acids is 2. The normalized spacial score (nSPS) is 24.5. The van der Waals surface area contributed by atoms with E-state index in [0.717, 1.165) is 5.56 Å². The van der Waals surface area contributed by atoms with Gasteiger partial charge in [-0.15, -0.1) is 0 Å². The molecular weight excluding hydrogens is 264 g/mol. The van der Waals surface area contributed by atoms with Crippen molar-refractivity contribution in [2.75, 3.05) is 0 Å². The first-order valence-corrected chi connectivity index (χ1v) is 7.54. The molecule has 2 rings (SSSR count). The molecule has 0 saturated heterocycles. The quantitative estimate of drug-likeness (QED) is 0.777. The summed E-state index contributed by atoms with van der Waals surface area (Å²) in [5.41, 5.74) is 0.652. The molecule has 1 aliphatic rings. The smallest absolute Gasteiger partial charge is 0.306 e. The molecule has 0 unspecified atom stereocenters. The second-order valence-electron chi connectivity index (χ2n) is 7.01. The summed E-state index contributed by atoms with van der Waals surface area (Å²) in [4.78, 5) is 24.2. The molecule has 1 aliphatic carbocycles. The summed E-state index contributed by atoms with van der Waals surface area (Å²) >= 11 is 0. The van der Waals surface area contributed by atoms with Gasteiger partial charge in [0.25, 0.3) is 0 Å². The molecule has 0 heterocycles. The number of benzene rings is 1. The lowest BCUT2D eigenvalue weighted by Gasteiger charge is -2.16. The predicted octanol–water partition coefficient (Wildman–Crippen LogP) is 3.62. The van der Waals surface area contributed by atoms with Crippen molar-refractivity contribution in [3.8, 4) is 0 Å². The molecule has 3 nitrogen and oxygen atoms in total. The molecule has 3 atom stereocenters. The fourth-order valence-corrected chi connectivity index (χ4v) is 2.78. The second kappa shape index (κ2) is 6.00. The maximum Gasteiger partial charge on any atom is 0.306 e. The zero-order chi connectivity index (χ0) is 15.6. The fraction of sp³-hybridized carbons (Fsp3) is 0.556. The Bertz CT molecular complexity index is 513. The molecule has 1 saturated carbocycles. The highest BCUT2D eigenvalue weighted by Crippen LogP contribution is 2.51. The average molecular weight is 288 g/mol. The number of ether oxygens (including phenoxy) is 1. The minimum Gasteiger partial charge on any atom is -0.461 e. The van der Waals surface area contributed by atoms with E-state index in [1.165, 1.54) is 0 Å². The van der Waals surface area contributed by atoms with Crippen LogP contribution in [-0.4, -0.2) is 11.8 Å². The van der Waals surface area contributed by atoms with Crippen LogP contribution in [0, 0.1) is 23.2 Å². The van der Waals surface area contributed by atoms with Gasteiger partial charge in [-0.05, 0) is 17.4 Å². The first-order valence-electron chi connectivity index (χ1n) is 7.54. The van der Waals surface area contributed by atoms with Gasteiger partial charge in [0.05, 0.1) is 0 Å². The molecule has 114 valence electrons. The standard InChI is InChI=1S/C18H24O3/c1-12-14(16(12)17(20)18(2,3)4)10-15(19)21-11-13-8-6-5-7-9-13/h5-9,12,14,16H,10-11H2,1-4H3/t12-,14+,16-/m1/s1. The summed E-state index contributed by atoms with van der Waals surface area (Å²) in [6.07, 6.45) is 0.348. The molecule has 1 aromatic rings. The van der Waals surface area contributed by atoms with Crippen LogP contribution in [-0.2, 0) is 20.9 Å². The Hall–Kier alpha value is -1.64. The Morgan fingerprint density at radius 1 is 1.14 bits per heavy atom. The lowest BCUT2D eigenvalue weighted by Crippen LogP contribution is -2.23. The molecule has 0 amide bonds. The number of hydrogen-bond acceptors (Lipinski definition) is 3. The average Bonchev–Trinajstić information content (AvgIpc) is 3.05. The third-order valence-corrected chi connectivity index (χ3v) is 4.25. The van der Waals surface area contributed by atoms with E-state index in [2.05, 4.69) is 0 Å². The third-order valence-electron chi connectivity index (χ3n) is 4.25. The zero-order valence-corrected chi connectivity index (χ0v) is 13.3. The molecule has 0 bridgehead atoms. The Morgan fingerprint density at radius 2 is 1.76 bits per heavy atom. The van der Waals surface area contributed by atoms with Gasteiger partial charge >= 0.3 is 5.97 Å². The van der Waals surface area contributed by atoms with Gasteiger partial charge in [0.15, 0.2) is 0 Å². The topological polar surface area (TPSA) is 43.4 Å². The molecule has 1 fully saturated rings. The number of Topliss-reactive ketones (excluding diaryl/α,β-unsaturated/α-hetero) is 1. The van der Waals surface area contributed by atoms with Crippen molar-refractivity contribution in [1.82, 2.24) is 0 Å². The molecular formula is C18H24O3. The van der Waals surface area contributed by atoms with E-state index in [1.807, 2.05) is 58.0 Å². The van der Waals surface area contributed by atoms with E-state index in [0.29, 0.717) is 18.9 Å².